The summed E-state index contributed by atoms with van der Waals surface area (Å²) in [7, 11) is 1.49. The van der Waals surface area contributed by atoms with Crippen LogP contribution < -0.4 is 9.47 Å². The zero-order valence-corrected chi connectivity index (χ0v) is 18.6. The van der Waals surface area contributed by atoms with Crippen molar-refractivity contribution >= 4 is 29.1 Å². The molecule has 0 saturated carbocycles. The van der Waals surface area contributed by atoms with Crippen molar-refractivity contribution in [1.29, 1.82) is 0 Å². The van der Waals surface area contributed by atoms with E-state index in [0.29, 0.717) is 41.7 Å². The maximum absolute atomic E-state index is 12.9. The molecule has 1 saturated heterocycles. The summed E-state index contributed by atoms with van der Waals surface area (Å²) in [5, 5.41) is 11.3. The molecule has 164 valence electrons. The number of aliphatic hydroxyl groups is 1. The fourth-order valence-corrected chi connectivity index (χ4v) is 3.89. The minimum absolute atomic E-state index is 0.0434. The van der Waals surface area contributed by atoms with Crippen LogP contribution in [-0.4, -0.2) is 42.0 Å². The number of ether oxygens (including phenoxy) is 2. The second-order valence-corrected chi connectivity index (χ2v) is 7.67. The van der Waals surface area contributed by atoms with Gasteiger partial charge in [0.15, 0.2) is 0 Å². The molecule has 3 rings (SSSR count). The Morgan fingerprint density at radius 3 is 2.39 bits per heavy atom. The highest BCUT2D eigenvalue weighted by Gasteiger charge is 2.45. The van der Waals surface area contributed by atoms with Gasteiger partial charge < -0.3 is 19.5 Å². The summed E-state index contributed by atoms with van der Waals surface area (Å²) >= 11 is 6.20. The number of nitrogens with zero attached hydrogens (tertiary/aromatic N) is 1. The van der Waals surface area contributed by atoms with E-state index in [0.717, 1.165) is 12.0 Å². The van der Waals surface area contributed by atoms with Crippen LogP contribution in [0.4, 0.5) is 0 Å². The van der Waals surface area contributed by atoms with Gasteiger partial charge in [-0.3, -0.25) is 9.59 Å². The molecule has 2 aromatic rings. The number of benzene rings is 2. The molecule has 0 aliphatic carbocycles. The van der Waals surface area contributed by atoms with Crippen LogP contribution in [-0.2, 0) is 9.59 Å². The molecular weight excluding hydrogens is 418 g/mol. The van der Waals surface area contributed by atoms with Gasteiger partial charge >= 0.3 is 0 Å². The van der Waals surface area contributed by atoms with E-state index in [-0.39, 0.29) is 11.3 Å². The molecule has 6 nitrogen and oxygen atoms in total. The molecule has 1 atom stereocenters. The van der Waals surface area contributed by atoms with Crippen LogP contribution in [0.3, 0.4) is 0 Å². The molecule has 1 N–H and O–H groups in total. The molecule has 1 amide bonds. The summed E-state index contributed by atoms with van der Waals surface area (Å²) in [5.41, 5.74) is 1.10. The molecule has 2 aromatic carbocycles. The topological polar surface area (TPSA) is 76.1 Å². The van der Waals surface area contributed by atoms with Gasteiger partial charge in [0.1, 0.15) is 17.3 Å². The van der Waals surface area contributed by atoms with E-state index in [1.165, 1.54) is 18.1 Å². The Kier molecular flexibility index (Phi) is 7.23. The third kappa shape index (κ3) is 4.54. The summed E-state index contributed by atoms with van der Waals surface area (Å²) in [6.07, 6.45) is 1.57. The average molecular weight is 444 g/mol. The van der Waals surface area contributed by atoms with E-state index in [1.54, 1.807) is 24.3 Å². The smallest absolute Gasteiger partial charge is 0.295 e. The number of methoxy groups -OCH3 is 1. The fraction of sp³-hybridized carbons (Fsp3) is 0.333. The molecule has 31 heavy (non-hydrogen) atoms. The monoisotopic (exact) mass is 443 g/mol. The first kappa shape index (κ1) is 22.7. The first-order valence-electron chi connectivity index (χ1n) is 10.3. The summed E-state index contributed by atoms with van der Waals surface area (Å²) < 4.78 is 10.8. The zero-order valence-electron chi connectivity index (χ0n) is 17.9. The molecular formula is C24H26ClNO5. The van der Waals surface area contributed by atoms with Gasteiger partial charge in [-0.2, -0.15) is 0 Å². The van der Waals surface area contributed by atoms with Crippen molar-refractivity contribution in [1.82, 2.24) is 4.90 Å². The van der Waals surface area contributed by atoms with Crippen LogP contribution in [0.25, 0.3) is 5.76 Å². The molecule has 1 aliphatic rings. The number of aliphatic hydroxyl groups excluding tert-OH is 1. The highest BCUT2D eigenvalue weighted by molar-refractivity contribution is 6.46. The van der Waals surface area contributed by atoms with Crippen LogP contribution in [0.2, 0.25) is 5.02 Å². The van der Waals surface area contributed by atoms with Crippen LogP contribution in [0.5, 0.6) is 11.5 Å². The van der Waals surface area contributed by atoms with Crippen LogP contribution in [0.1, 0.15) is 43.9 Å². The minimum atomic E-state index is -0.714. The van der Waals surface area contributed by atoms with Gasteiger partial charge in [-0.15, -0.1) is 0 Å². The standard InChI is InChI=1S/C24H26ClNO5/c1-4-12-26-21(15-6-9-17(10-7-15)31-13-5-2)20(23(28)24(26)29)22(27)16-8-11-19(30-3)18(25)14-16/h6-11,14,21,27H,4-5,12-13H2,1-3H3/b22-20-. The van der Waals surface area contributed by atoms with Gasteiger partial charge in [0.05, 0.1) is 30.4 Å². The third-order valence-electron chi connectivity index (χ3n) is 5.10. The van der Waals surface area contributed by atoms with Crippen molar-refractivity contribution < 1.29 is 24.2 Å². The first-order chi connectivity index (χ1) is 14.9. The van der Waals surface area contributed by atoms with Gasteiger partial charge in [-0.1, -0.05) is 37.6 Å². The lowest BCUT2D eigenvalue weighted by molar-refractivity contribution is -0.139. The van der Waals surface area contributed by atoms with Gasteiger partial charge in [-0.25, -0.2) is 0 Å². The Balaban J connectivity index is 2.09. The molecule has 1 aliphatic heterocycles. The molecule has 0 aromatic heterocycles. The number of likely N-dealkylation sites (tertiary alicyclic amines) is 1. The average Bonchev–Trinajstić information content (AvgIpc) is 3.02. The van der Waals surface area contributed by atoms with Crippen LogP contribution in [0, 0.1) is 0 Å². The number of ketones is 1. The number of carbonyl (C=O) groups is 2. The highest BCUT2D eigenvalue weighted by atomic mass is 35.5. The molecule has 7 heteroatoms. The fourth-order valence-electron chi connectivity index (χ4n) is 3.63. The molecule has 1 fully saturated rings. The Labute approximate surface area is 187 Å². The van der Waals surface area contributed by atoms with E-state index >= 15 is 0 Å². The van der Waals surface area contributed by atoms with E-state index in [9.17, 15) is 14.7 Å². The number of amides is 1. The number of hydrogen-bond donors (Lipinski definition) is 1. The third-order valence-corrected chi connectivity index (χ3v) is 5.39. The van der Waals surface area contributed by atoms with E-state index < -0.39 is 17.7 Å². The van der Waals surface area contributed by atoms with E-state index in [2.05, 4.69) is 0 Å². The quantitative estimate of drug-likeness (QED) is 0.354. The molecule has 0 radical (unpaired) electrons. The van der Waals surface area contributed by atoms with Crippen molar-refractivity contribution in [2.75, 3.05) is 20.3 Å². The molecule has 1 unspecified atom stereocenters. The van der Waals surface area contributed by atoms with Gasteiger partial charge in [0, 0.05) is 12.1 Å². The second-order valence-electron chi connectivity index (χ2n) is 7.26. The van der Waals surface area contributed by atoms with Crippen molar-refractivity contribution in [3.63, 3.8) is 0 Å². The normalized spacial score (nSPS) is 17.8. The lowest BCUT2D eigenvalue weighted by atomic mass is 9.95. The number of Topliss-reactive ketones (excluding diaryl/α,β-unsaturated/α-hetero) is 1. The maximum atomic E-state index is 12.9. The first-order valence-corrected chi connectivity index (χ1v) is 10.7. The number of hydrogen-bond acceptors (Lipinski definition) is 5. The van der Waals surface area contributed by atoms with Crippen LogP contribution in [0.15, 0.2) is 48.0 Å². The Bertz CT molecular complexity index is 1000. The molecule has 1 heterocycles. The van der Waals surface area contributed by atoms with E-state index in [1.807, 2.05) is 26.0 Å². The largest absolute Gasteiger partial charge is 0.507 e. The maximum Gasteiger partial charge on any atom is 0.295 e. The predicted octanol–water partition coefficient (Wildman–Crippen LogP) is 4.97. The van der Waals surface area contributed by atoms with Crippen molar-refractivity contribution in [2.24, 2.45) is 0 Å². The lowest BCUT2D eigenvalue weighted by Crippen LogP contribution is -2.30. The summed E-state index contributed by atoms with van der Waals surface area (Å²) in [5.74, 6) is -0.449. The van der Waals surface area contributed by atoms with E-state index in [4.69, 9.17) is 21.1 Å². The Morgan fingerprint density at radius 1 is 1.10 bits per heavy atom. The number of rotatable bonds is 8. The number of halogens is 1. The summed E-state index contributed by atoms with van der Waals surface area (Å²) in [6.45, 7) is 4.95. The zero-order chi connectivity index (χ0) is 22.5. The SMILES string of the molecule is CCCOc1ccc(C2/C(=C(/O)c3ccc(OC)c(Cl)c3)C(=O)C(=O)N2CCC)cc1. The molecule has 0 spiro atoms. The van der Waals surface area contributed by atoms with Crippen molar-refractivity contribution in [3.8, 4) is 11.5 Å². The highest BCUT2D eigenvalue weighted by Crippen LogP contribution is 2.40. The van der Waals surface area contributed by atoms with Crippen LogP contribution >= 0.6 is 11.6 Å². The Hall–Kier alpha value is -2.99. The summed E-state index contributed by atoms with van der Waals surface area (Å²) in [6, 6.07) is 11.3. The van der Waals surface area contributed by atoms with Crippen molar-refractivity contribution in [2.45, 2.75) is 32.7 Å². The Morgan fingerprint density at radius 2 is 1.81 bits per heavy atom. The number of carbonyl (C=O) groups excluding carboxylic acids is 2. The predicted molar refractivity (Wildman–Crippen MR) is 120 cm³/mol. The second kappa shape index (κ2) is 9.88. The van der Waals surface area contributed by atoms with Gasteiger partial charge in [0.25, 0.3) is 11.7 Å². The van der Waals surface area contributed by atoms with Gasteiger partial charge in [-0.05, 0) is 48.7 Å². The summed E-state index contributed by atoms with van der Waals surface area (Å²) in [4.78, 5) is 27.2. The minimum Gasteiger partial charge on any atom is -0.507 e. The van der Waals surface area contributed by atoms with Crippen molar-refractivity contribution in [3.05, 3.63) is 64.2 Å². The molecule has 0 bridgehead atoms. The van der Waals surface area contributed by atoms with Gasteiger partial charge in [0.2, 0.25) is 0 Å². The lowest BCUT2D eigenvalue weighted by Gasteiger charge is -2.25.